The number of rotatable bonds is 6. The van der Waals surface area contributed by atoms with E-state index in [0.29, 0.717) is 17.6 Å². The number of hydrogen-bond donors (Lipinski definition) is 1. The van der Waals surface area contributed by atoms with Crippen molar-refractivity contribution >= 4 is 28.5 Å². The number of hydrogen-bond acceptors (Lipinski definition) is 5. The van der Waals surface area contributed by atoms with Crippen LogP contribution in [0.4, 0.5) is 0 Å². The highest BCUT2D eigenvalue weighted by molar-refractivity contribution is 7.98. The number of carbonyl (C=O) groups is 1. The predicted octanol–water partition coefficient (Wildman–Crippen LogP) is 6.27. The fourth-order valence-corrected chi connectivity index (χ4v) is 3.52. The van der Waals surface area contributed by atoms with Gasteiger partial charge in [-0.1, -0.05) is 30.4 Å². The topological polar surface area (TPSA) is 83.2 Å². The summed E-state index contributed by atoms with van der Waals surface area (Å²) in [6.07, 6.45) is 6.04. The summed E-state index contributed by atoms with van der Waals surface area (Å²) < 4.78 is 5.28. The number of aromatic nitrogens is 1. The Kier molecular flexibility index (Phi) is 9.06. The van der Waals surface area contributed by atoms with E-state index in [-0.39, 0.29) is 0 Å². The van der Waals surface area contributed by atoms with Gasteiger partial charge in [0.05, 0.1) is 18.4 Å². The van der Waals surface area contributed by atoms with E-state index in [1.807, 2.05) is 48.7 Å². The maximum atomic E-state index is 9.86. The van der Waals surface area contributed by atoms with Gasteiger partial charge in [-0.15, -0.1) is 18.3 Å². The molecule has 0 radical (unpaired) electrons. The van der Waals surface area contributed by atoms with Gasteiger partial charge in [-0.2, -0.15) is 5.26 Å². The van der Waals surface area contributed by atoms with Gasteiger partial charge in [0.25, 0.3) is 0 Å². The number of nitrogens with zero attached hydrogens (tertiary/aromatic N) is 2. The number of thioether (sulfide) groups is 1. The summed E-state index contributed by atoms with van der Waals surface area (Å²) in [5.74, 6) is -0.0174. The number of benzene rings is 2. The molecule has 2 aromatic carbocycles. The van der Waals surface area contributed by atoms with E-state index < -0.39 is 5.97 Å². The molecule has 0 aliphatic rings. The minimum atomic E-state index is -0.845. The molecule has 3 aromatic rings. The number of aliphatic carboxylic acids is 1. The van der Waals surface area contributed by atoms with Crippen molar-refractivity contribution in [1.29, 1.82) is 5.26 Å². The van der Waals surface area contributed by atoms with Crippen LogP contribution in [0.5, 0.6) is 5.75 Å². The van der Waals surface area contributed by atoms with Gasteiger partial charge < -0.3 is 9.84 Å². The molecule has 3 rings (SSSR count). The molecule has 164 valence electrons. The number of pyridine rings is 1. The molecular weight excluding hydrogens is 420 g/mol. The lowest BCUT2D eigenvalue weighted by molar-refractivity contribution is -0.132. The van der Waals surface area contributed by atoms with E-state index in [9.17, 15) is 10.1 Å². The Bertz CT molecular complexity index is 1210. The summed E-state index contributed by atoms with van der Waals surface area (Å²) in [4.78, 5) is 15.5. The van der Waals surface area contributed by atoms with Gasteiger partial charge in [-0.25, -0.2) is 4.79 Å². The van der Waals surface area contributed by atoms with Crippen molar-refractivity contribution in [2.45, 2.75) is 25.2 Å². The molecule has 6 heteroatoms. The Labute approximate surface area is 193 Å². The number of ether oxygens (including phenoxy) is 1. The lowest BCUT2D eigenvalue weighted by atomic mass is 10.0. The van der Waals surface area contributed by atoms with Crippen molar-refractivity contribution in [3.63, 3.8) is 0 Å². The van der Waals surface area contributed by atoms with Crippen LogP contribution in [0, 0.1) is 11.3 Å². The molecule has 0 amide bonds. The second-order valence-electron chi connectivity index (χ2n) is 6.85. The number of allylic oxidation sites excluding steroid dienone is 2. The molecule has 0 aliphatic heterocycles. The SMILES string of the molecule is C/C=C(\C)C(=O)O.C=CCc1cc(SC)c(C#N)c(-c2ccc3cc(OC)ccc3c2)n1. The van der Waals surface area contributed by atoms with Crippen LogP contribution in [-0.2, 0) is 11.2 Å². The molecule has 0 fully saturated rings. The quantitative estimate of drug-likeness (QED) is 0.273. The molecule has 32 heavy (non-hydrogen) atoms. The fraction of sp³-hybridized carbons (Fsp3) is 0.192. The molecule has 1 aromatic heterocycles. The van der Waals surface area contributed by atoms with Gasteiger partial charge in [0, 0.05) is 28.1 Å². The summed E-state index contributed by atoms with van der Waals surface area (Å²) in [6, 6.07) is 16.4. The van der Waals surface area contributed by atoms with Crippen LogP contribution in [0.15, 0.2) is 71.7 Å². The second kappa shape index (κ2) is 11.7. The fourth-order valence-electron chi connectivity index (χ4n) is 2.92. The third-order valence-electron chi connectivity index (χ3n) is 4.81. The summed E-state index contributed by atoms with van der Waals surface area (Å²) >= 11 is 1.56. The first-order chi connectivity index (χ1) is 15.4. The molecule has 1 heterocycles. The highest BCUT2D eigenvalue weighted by Crippen LogP contribution is 2.32. The molecule has 0 saturated carbocycles. The first-order valence-electron chi connectivity index (χ1n) is 9.91. The monoisotopic (exact) mass is 446 g/mol. The third kappa shape index (κ3) is 5.99. The minimum Gasteiger partial charge on any atom is -0.497 e. The summed E-state index contributed by atoms with van der Waals surface area (Å²) in [5, 5.41) is 19.9. The van der Waals surface area contributed by atoms with Gasteiger partial charge in [0.2, 0.25) is 0 Å². The number of nitriles is 1. The van der Waals surface area contributed by atoms with Crippen molar-refractivity contribution in [2.75, 3.05) is 13.4 Å². The van der Waals surface area contributed by atoms with Gasteiger partial charge >= 0.3 is 5.97 Å². The summed E-state index contributed by atoms with van der Waals surface area (Å²) in [6.45, 7) is 7.05. The molecule has 0 bridgehead atoms. The molecule has 0 aliphatic carbocycles. The van der Waals surface area contributed by atoms with E-state index in [2.05, 4.69) is 18.7 Å². The van der Waals surface area contributed by atoms with Gasteiger partial charge in [0.1, 0.15) is 11.8 Å². The Hall–Kier alpha value is -3.56. The van der Waals surface area contributed by atoms with Crippen LogP contribution in [0.1, 0.15) is 25.1 Å². The van der Waals surface area contributed by atoms with E-state index in [0.717, 1.165) is 38.4 Å². The first kappa shape index (κ1) is 24.7. The Morgan fingerprint density at radius 3 is 2.47 bits per heavy atom. The highest BCUT2D eigenvalue weighted by Gasteiger charge is 2.14. The maximum Gasteiger partial charge on any atom is 0.330 e. The van der Waals surface area contributed by atoms with Crippen LogP contribution in [0.3, 0.4) is 0 Å². The Morgan fingerprint density at radius 1 is 1.25 bits per heavy atom. The van der Waals surface area contributed by atoms with Crippen molar-refractivity contribution in [3.8, 4) is 23.1 Å². The van der Waals surface area contributed by atoms with E-state index in [1.165, 1.54) is 0 Å². The number of fused-ring (bicyclic) bond motifs is 1. The second-order valence-corrected chi connectivity index (χ2v) is 7.70. The van der Waals surface area contributed by atoms with Gasteiger partial charge in [-0.3, -0.25) is 4.98 Å². The predicted molar refractivity (Wildman–Crippen MR) is 131 cm³/mol. The molecule has 5 nitrogen and oxygen atoms in total. The molecule has 1 N–H and O–H groups in total. The van der Waals surface area contributed by atoms with Gasteiger partial charge in [0.15, 0.2) is 0 Å². The normalized spacial score (nSPS) is 10.7. The summed E-state index contributed by atoms with van der Waals surface area (Å²) in [5.41, 5.74) is 3.59. The zero-order valence-corrected chi connectivity index (χ0v) is 19.5. The van der Waals surface area contributed by atoms with E-state index in [4.69, 9.17) is 14.8 Å². The van der Waals surface area contributed by atoms with Crippen LogP contribution in [0.25, 0.3) is 22.0 Å². The van der Waals surface area contributed by atoms with Crippen LogP contribution < -0.4 is 4.74 Å². The molecule has 0 unspecified atom stereocenters. The lowest BCUT2D eigenvalue weighted by Gasteiger charge is -2.11. The van der Waals surface area contributed by atoms with E-state index in [1.54, 1.807) is 38.8 Å². The third-order valence-corrected chi connectivity index (χ3v) is 5.57. The van der Waals surface area contributed by atoms with Crippen LogP contribution in [0.2, 0.25) is 0 Å². The number of carboxylic acid groups (broad SMARTS) is 1. The highest BCUT2D eigenvalue weighted by atomic mass is 32.2. The van der Waals surface area contributed by atoms with Crippen molar-refractivity contribution in [1.82, 2.24) is 4.98 Å². The van der Waals surface area contributed by atoms with Crippen molar-refractivity contribution < 1.29 is 14.6 Å². The van der Waals surface area contributed by atoms with Crippen molar-refractivity contribution in [3.05, 3.63) is 78.0 Å². The largest absolute Gasteiger partial charge is 0.497 e. The molecule has 0 saturated heterocycles. The zero-order valence-electron chi connectivity index (χ0n) is 18.7. The summed E-state index contributed by atoms with van der Waals surface area (Å²) in [7, 11) is 1.66. The number of methoxy groups -OCH3 is 1. The minimum absolute atomic E-state index is 0.389. The van der Waals surface area contributed by atoms with E-state index >= 15 is 0 Å². The van der Waals surface area contributed by atoms with Crippen LogP contribution in [-0.4, -0.2) is 29.4 Å². The smallest absolute Gasteiger partial charge is 0.330 e. The van der Waals surface area contributed by atoms with Crippen LogP contribution >= 0.6 is 11.8 Å². The Balaban J connectivity index is 0.000000451. The first-order valence-corrected chi connectivity index (χ1v) is 11.1. The Morgan fingerprint density at radius 2 is 1.94 bits per heavy atom. The zero-order chi connectivity index (χ0) is 23.7. The molecular formula is C26H26N2O3S. The lowest BCUT2D eigenvalue weighted by Crippen LogP contribution is -1.98. The average molecular weight is 447 g/mol. The maximum absolute atomic E-state index is 9.86. The number of carboxylic acids is 1. The van der Waals surface area contributed by atoms with Crippen molar-refractivity contribution in [2.24, 2.45) is 0 Å². The van der Waals surface area contributed by atoms with Gasteiger partial charge in [-0.05, 0) is 55.1 Å². The average Bonchev–Trinajstić information content (AvgIpc) is 2.82. The standard InChI is InChI=1S/C21H18N2OS.C5H8O2/c1-4-5-17-12-20(25-3)19(13-22)21(23-17)16-7-6-15-11-18(24-2)9-8-14(15)10-16;1-3-4(2)5(6)7/h4,6-12H,1,5H2,2-3H3;3H,1-2H3,(H,6,7)/b;4-3+. The molecule has 0 spiro atoms. The molecule has 0 atom stereocenters.